The second-order valence-corrected chi connectivity index (χ2v) is 3.37. The van der Waals surface area contributed by atoms with Crippen LogP contribution in [0.3, 0.4) is 0 Å². The standard InChI is InChI=1S/C12H12N2O2/c1-15-9-3-4-10(16-2)12-11(9)8(5-6-13)7-14-12/h3-4,7,14H,5H2,1-2H3. The lowest BCUT2D eigenvalue weighted by atomic mass is 10.1. The van der Waals surface area contributed by atoms with Gasteiger partial charge in [0.25, 0.3) is 0 Å². The third-order valence-corrected chi connectivity index (χ3v) is 2.55. The monoisotopic (exact) mass is 216 g/mol. The zero-order chi connectivity index (χ0) is 11.5. The van der Waals surface area contributed by atoms with Crippen molar-refractivity contribution in [3.8, 4) is 17.6 Å². The van der Waals surface area contributed by atoms with E-state index in [2.05, 4.69) is 11.1 Å². The van der Waals surface area contributed by atoms with Gasteiger partial charge in [0.2, 0.25) is 0 Å². The van der Waals surface area contributed by atoms with Crippen LogP contribution in [0.25, 0.3) is 10.9 Å². The van der Waals surface area contributed by atoms with Crippen molar-refractivity contribution in [2.75, 3.05) is 14.2 Å². The van der Waals surface area contributed by atoms with Crippen LogP contribution in [0.5, 0.6) is 11.5 Å². The number of aromatic nitrogens is 1. The molecule has 1 aromatic carbocycles. The van der Waals surface area contributed by atoms with Crippen molar-refractivity contribution in [2.45, 2.75) is 6.42 Å². The van der Waals surface area contributed by atoms with E-state index < -0.39 is 0 Å². The number of fused-ring (bicyclic) bond motifs is 1. The molecule has 0 fully saturated rings. The van der Waals surface area contributed by atoms with Crippen molar-refractivity contribution >= 4 is 10.9 Å². The van der Waals surface area contributed by atoms with E-state index in [-0.39, 0.29) is 0 Å². The van der Waals surface area contributed by atoms with Crippen LogP contribution >= 0.6 is 0 Å². The van der Waals surface area contributed by atoms with Gasteiger partial charge in [-0.15, -0.1) is 0 Å². The number of aromatic amines is 1. The van der Waals surface area contributed by atoms with Crippen molar-refractivity contribution in [3.05, 3.63) is 23.9 Å². The van der Waals surface area contributed by atoms with E-state index in [0.29, 0.717) is 6.42 Å². The smallest absolute Gasteiger partial charge is 0.143 e. The summed E-state index contributed by atoms with van der Waals surface area (Å²) in [4.78, 5) is 3.11. The maximum absolute atomic E-state index is 8.75. The Morgan fingerprint density at radius 3 is 2.56 bits per heavy atom. The van der Waals surface area contributed by atoms with Gasteiger partial charge in [-0.25, -0.2) is 0 Å². The molecule has 0 atom stereocenters. The van der Waals surface area contributed by atoms with Crippen LogP contribution in [-0.2, 0) is 6.42 Å². The first kappa shape index (κ1) is 10.4. The van der Waals surface area contributed by atoms with Crippen LogP contribution in [0.4, 0.5) is 0 Å². The molecule has 4 nitrogen and oxygen atoms in total. The Bertz CT molecular complexity index is 552. The predicted octanol–water partition coefficient (Wildman–Crippen LogP) is 2.25. The molecule has 0 spiro atoms. The Hall–Kier alpha value is -2.15. The van der Waals surface area contributed by atoms with Crippen molar-refractivity contribution in [3.63, 3.8) is 0 Å². The van der Waals surface area contributed by atoms with Gasteiger partial charge < -0.3 is 14.5 Å². The fourth-order valence-corrected chi connectivity index (χ4v) is 1.82. The van der Waals surface area contributed by atoms with Crippen LogP contribution in [0.1, 0.15) is 5.56 Å². The van der Waals surface area contributed by atoms with E-state index >= 15 is 0 Å². The maximum atomic E-state index is 8.75. The molecule has 0 saturated carbocycles. The average molecular weight is 216 g/mol. The summed E-state index contributed by atoms with van der Waals surface area (Å²) in [7, 11) is 3.23. The van der Waals surface area contributed by atoms with Gasteiger partial charge in [-0.2, -0.15) is 5.26 Å². The molecule has 0 aliphatic rings. The van der Waals surface area contributed by atoms with E-state index in [1.165, 1.54) is 0 Å². The first-order valence-electron chi connectivity index (χ1n) is 4.89. The molecule has 2 aromatic rings. The van der Waals surface area contributed by atoms with Crippen molar-refractivity contribution in [2.24, 2.45) is 0 Å². The van der Waals surface area contributed by atoms with Gasteiger partial charge in [-0.05, 0) is 17.7 Å². The van der Waals surface area contributed by atoms with E-state index in [1.807, 2.05) is 18.3 Å². The van der Waals surface area contributed by atoms with Gasteiger partial charge in [0.05, 0.1) is 32.2 Å². The summed E-state index contributed by atoms with van der Waals surface area (Å²) in [6.45, 7) is 0. The summed E-state index contributed by atoms with van der Waals surface area (Å²) < 4.78 is 10.5. The molecular weight excluding hydrogens is 204 g/mol. The molecule has 0 amide bonds. The molecule has 0 aliphatic heterocycles. The predicted molar refractivity (Wildman–Crippen MR) is 60.7 cm³/mol. The highest BCUT2D eigenvalue weighted by Gasteiger charge is 2.12. The van der Waals surface area contributed by atoms with Crippen LogP contribution in [0.2, 0.25) is 0 Å². The summed E-state index contributed by atoms with van der Waals surface area (Å²) in [6, 6.07) is 5.82. The minimum atomic E-state index is 0.351. The first-order chi connectivity index (χ1) is 7.81. The summed E-state index contributed by atoms with van der Waals surface area (Å²) in [5.41, 5.74) is 1.79. The largest absolute Gasteiger partial charge is 0.496 e. The second kappa shape index (κ2) is 4.15. The van der Waals surface area contributed by atoms with Gasteiger partial charge in [-0.1, -0.05) is 0 Å². The van der Waals surface area contributed by atoms with E-state index in [0.717, 1.165) is 28.0 Å². The number of benzene rings is 1. The number of nitrogens with one attached hydrogen (secondary N) is 1. The zero-order valence-electron chi connectivity index (χ0n) is 9.20. The topological polar surface area (TPSA) is 58.0 Å². The van der Waals surface area contributed by atoms with Gasteiger partial charge in [-0.3, -0.25) is 0 Å². The number of H-pyrrole nitrogens is 1. The fourth-order valence-electron chi connectivity index (χ4n) is 1.82. The van der Waals surface area contributed by atoms with E-state index in [1.54, 1.807) is 14.2 Å². The SMILES string of the molecule is COc1ccc(OC)c2c(CC#N)c[nH]c12. The minimum Gasteiger partial charge on any atom is -0.496 e. The van der Waals surface area contributed by atoms with E-state index in [4.69, 9.17) is 14.7 Å². The average Bonchev–Trinajstić information content (AvgIpc) is 2.73. The highest BCUT2D eigenvalue weighted by Crippen LogP contribution is 2.34. The van der Waals surface area contributed by atoms with E-state index in [9.17, 15) is 0 Å². The number of nitrogens with zero attached hydrogens (tertiary/aromatic N) is 1. The van der Waals surface area contributed by atoms with Crippen LogP contribution in [0, 0.1) is 11.3 Å². The lowest BCUT2D eigenvalue weighted by Gasteiger charge is -2.06. The molecule has 4 heteroatoms. The number of hydrogen-bond acceptors (Lipinski definition) is 3. The molecule has 82 valence electrons. The highest BCUT2D eigenvalue weighted by molar-refractivity contribution is 5.93. The van der Waals surface area contributed by atoms with Crippen LogP contribution < -0.4 is 9.47 Å². The van der Waals surface area contributed by atoms with Gasteiger partial charge in [0, 0.05) is 11.6 Å². The summed E-state index contributed by atoms with van der Waals surface area (Å²) in [5, 5.41) is 9.67. The van der Waals surface area contributed by atoms with Gasteiger partial charge in [0.15, 0.2) is 0 Å². The zero-order valence-corrected chi connectivity index (χ0v) is 9.20. The molecule has 0 radical (unpaired) electrons. The molecule has 2 rings (SSSR count). The molecule has 0 saturated heterocycles. The van der Waals surface area contributed by atoms with Gasteiger partial charge >= 0.3 is 0 Å². The number of rotatable bonds is 3. The molecule has 1 aromatic heterocycles. The summed E-state index contributed by atoms with van der Waals surface area (Å²) >= 11 is 0. The Labute approximate surface area is 93.4 Å². The lowest BCUT2D eigenvalue weighted by Crippen LogP contribution is -1.89. The molecule has 0 aliphatic carbocycles. The number of ether oxygens (including phenoxy) is 2. The second-order valence-electron chi connectivity index (χ2n) is 3.37. The van der Waals surface area contributed by atoms with Crippen molar-refractivity contribution < 1.29 is 9.47 Å². The van der Waals surface area contributed by atoms with Crippen molar-refractivity contribution in [1.82, 2.24) is 4.98 Å². The van der Waals surface area contributed by atoms with Gasteiger partial charge in [0.1, 0.15) is 11.5 Å². The number of nitriles is 1. The Kier molecular flexibility index (Phi) is 2.69. The minimum absolute atomic E-state index is 0.351. The molecule has 0 bridgehead atoms. The number of methoxy groups -OCH3 is 2. The molecular formula is C12H12N2O2. The normalized spacial score (nSPS) is 10.1. The quantitative estimate of drug-likeness (QED) is 0.856. The Morgan fingerprint density at radius 1 is 1.25 bits per heavy atom. The highest BCUT2D eigenvalue weighted by atomic mass is 16.5. The van der Waals surface area contributed by atoms with Crippen LogP contribution in [0.15, 0.2) is 18.3 Å². The molecule has 0 unspecified atom stereocenters. The number of hydrogen-bond donors (Lipinski definition) is 1. The van der Waals surface area contributed by atoms with Crippen molar-refractivity contribution in [1.29, 1.82) is 5.26 Å². The first-order valence-corrected chi connectivity index (χ1v) is 4.89. The summed E-state index contributed by atoms with van der Waals surface area (Å²) in [6.07, 6.45) is 2.17. The van der Waals surface area contributed by atoms with Crippen LogP contribution in [-0.4, -0.2) is 19.2 Å². The Morgan fingerprint density at radius 2 is 1.94 bits per heavy atom. The fraction of sp³-hybridized carbons (Fsp3) is 0.250. The molecule has 16 heavy (non-hydrogen) atoms. The summed E-state index contributed by atoms with van der Waals surface area (Å²) in [5.74, 6) is 1.50. The third-order valence-electron chi connectivity index (χ3n) is 2.55. The lowest BCUT2D eigenvalue weighted by molar-refractivity contribution is 0.410. The Balaban J connectivity index is 2.73. The molecule has 1 heterocycles. The molecule has 1 N–H and O–H groups in total. The third kappa shape index (κ3) is 1.47. The maximum Gasteiger partial charge on any atom is 0.143 e.